The van der Waals surface area contributed by atoms with Gasteiger partial charge in [-0.15, -0.1) is 0 Å². The van der Waals surface area contributed by atoms with E-state index in [0.29, 0.717) is 30.1 Å². The average Bonchev–Trinajstić information content (AvgIpc) is 3.06. The van der Waals surface area contributed by atoms with Gasteiger partial charge in [-0.2, -0.15) is 0 Å². The molecule has 42 heavy (non-hydrogen) atoms. The molecule has 0 heterocycles. The summed E-state index contributed by atoms with van der Waals surface area (Å²) in [6, 6.07) is 38.8. The molecule has 5 aromatic carbocycles. The Balaban J connectivity index is 1.18. The van der Waals surface area contributed by atoms with Crippen LogP contribution in [0, 0.1) is 0 Å². The lowest BCUT2D eigenvalue weighted by molar-refractivity contribution is 0.0592. The fraction of sp³-hybridized carbons (Fsp3) is 0.111. The molecular weight excluding hydrogens is 528 g/mol. The summed E-state index contributed by atoms with van der Waals surface area (Å²) in [4.78, 5) is 23.2. The molecule has 0 aliphatic heterocycles. The molecule has 6 nitrogen and oxygen atoms in total. The number of ether oxygens (including phenoxy) is 4. The molecule has 6 heteroatoms. The van der Waals surface area contributed by atoms with Crippen LogP contribution in [0.25, 0.3) is 22.3 Å². The van der Waals surface area contributed by atoms with Gasteiger partial charge in [-0.25, -0.2) is 9.59 Å². The van der Waals surface area contributed by atoms with Crippen LogP contribution in [-0.2, 0) is 22.7 Å². The van der Waals surface area contributed by atoms with Crippen molar-refractivity contribution in [3.05, 3.63) is 144 Å². The summed E-state index contributed by atoms with van der Waals surface area (Å²) in [5, 5.41) is 0. The highest BCUT2D eigenvalue weighted by molar-refractivity contribution is 5.89. The summed E-state index contributed by atoms with van der Waals surface area (Å²) in [7, 11) is 2.73. The van der Waals surface area contributed by atoms with Gasteiger partial charge in [-0.05, 0) is 88.0 Å². The van der Waals surface area contributed by atoms with Gasteiger partial charge in [-0.3, -0.25) is 0 Å². The molecule has 0 amide bonds. The van der Waals surface area contributed by atoms with Crippen LogP contribution in [0.15, 0.2) is 121 Å². The van der Waals surface area contributed by atoms with Gasteiger partial charge in [0.05, 0.1) is 25.3 Å². The van der Waals surface area contributed by atoms with Crippen LogP contribution in [0.5, 0.6) is 11.5 Å². The van der Waals surface area contributed by atoms with Crippen LogP contribution in [-0.4, -0.2) is 26.2 Å². The third-order valence-corrected chi connectivity index (χ3v) is 6.80. The molecule has 210 valence electrons. The SMILES string of the molecule is COC(=O)c1ccc(COc2ccc(-c3cccc(-c4ccc(COc5ccc(C(=O)OC)cc5)cc4)c3)cc2)cc1. The molecule has 0 aromatic heterocycles. The number of rotatable bonds is 10. The van der Waals surface area contributed by atoms with Gasteiger partial charge in [0.25, 0.3) is 0 Å². The maximum absolute atomic E-state index is 11.6. The Morgan fingerprint density at radius 2 is 0.857 bits per heavy atom. The van der Waals surface area contributed by atoms with Crippen LogP contribution < -0.4 is 9.47 Å². The van der Waals surface area contributed by atoms with E-state index in [-0.39, 0.29) is 11.9 Å². The molecule has 0 N–H and O–H groups in total. The topological polar surface area (TPSA) is 71.1 Å². The largest absolute Gasteiger partial charge is 0.489 e. The monoisotopic (exact) mass is 558 g/mol. The Morgan fingerprint density at radius 3 is 1.31 bits per heavy atom. The second-order valence-corrected chi connectivity index (χ2v) is 9.58. The van der Waals surface area contributed by atoms with Gasteiger partial charge >= 0.3 is 11.9 Å². The molecule has 0 aliphatic carbocycles. The minimum atomic E-state index is -0.371. The summed E-state index contributed by atoms with van der Waals surface area (Å²) in [6.45, 7) is 0.824. The third-order valence-electron chi connectivity index (χ3n) is 6.80. The first kappa shape index (κ1) is 28.2. The number of hydrogen-bond acceptors (Lipinski definition) is 6. The predicted molar refractivity (Wildman–Crippen MR) is 162 cm³/mol. The molecule has 0 saturated carbocycles. The minimum Gasteiger partial charge on any atom is -0.489 e. The molecule has 0 aliphatic rings. The molecule has 0 spiro atoms. The first-order chi connectivity index (χ1) is 20.5. The fourth-order valence-corrected chi connectivity index (χ4v) is 4.41. The van der Waals surface area contributed by atoms with Gasteiger partial charge in [0.15, 0.2) is 0 Å². The van der Waals surface area contributed by atoms with Crippen LogP contribution in [0.2, 0.25) is 0 Å². The van der Waals surface area contributed by atoms with Crippen LogP contribution in [0.3, 0.4) is 0 Å². The number of esters is 2. The Morgan fingerprint density at radius 1 is 0.476 bits per heavy atom. The van der Waals surface area contributed by atoms with E-state index in [9.17, 15) is 9.59 Å². The van der Waals surface area contributed by atoms with Crippen molar-refractivity contribution in [2.24, 2.45) is 0 Å². The standard InChI is InChI=1S/C36H30O6/c1-39-35(37)29-12-8-26(9-13-29)24-41-33-18-14-28(15-19-33)32-5-3-4-31(22-32)27-10-6-25(7-11-27)23-42-34-20-16-30(17-21-34)36(38)40-2/h3-22H,23-24H2,1-2H3. The highest BCUT2D eigenvalue weighted by Gasteiger charge is 2.07. The van der Waals surface area contributed by atoms with E-state index >= 15 is 0 Å². The van der Waals surface area contributed by atoms with Crippen molar-refractivity contribution in [2.75, 3.05) is 14.2 Å². The molecule has 0 unspecified atom stereocenters. The molecule has 0 atom stereocenters. The second kappa shape index (κ2) is 13.3. The summed E-state index contributed by atoms with van der Waals surface area (Å²) < 4.78 is 21.3. The molecule has 0 fully saturated rings. The predicted octanol–water partition coefficient (Wildman–Crippen LogP) is 7.75. The lowest BCUT2D eigenvalue weighted by Crippen LogP contribution is -2.01. The Bertz CT molecular complexity index is 1520. The fourth-order valence-electron chi connectivity index (χ4n) is 4.41. The van der Waals surface area contributed by atoms with Crippen molar-refractivity contribution >= 4 is 11.9 Å². The number of benzene rings is 5. The van der Waals surface area contributed by atoms with Gasteiger partial charge in [0.2, 0.25) is 0 Å². The summed E-state index contributed by atoms with van der Waals surface area (Å²) >= 11 is 0. The molecular formula is C36H30O6. The van der Waals surface area contributed by atoms with Crippen molar-refractivity contribution in [1.29, 1.82) is 0 Å². The van der Waals surface area contributed by atoms with E-state index in [1.165, 1.54) is 14.2 Å². The van der Waals surface area contributed by atoms with E-state index in [1.807, 2.05) is 36.4 Å². The quantitative estimate of drug-likeness (QED) is 0.163. The number of methoxy groups -OCH3 is 2. The van der Waals surface area contributed by atoms with E-state index in [0.717, 1.165) is 39.1 Å². The van der Waals surface area contributed by atoms with E-state index in [1.54, 1.807) is 36.4 Å². The normalized spacial score (nSPS) is 10.5. The smallest absolute Gasteiger partial charge is 0.337 e. The van der Waals surface area contributed by atoms with Gasteiger partial charge in [-0.1, -0.05) is 66.7 Å². The van der Waals surface area contributed by atoms with Gasteiger partial charge < -0.3 is 18.9 Å². The van der Waals surface area contributed by atoms with Gasteiger partial charge in [0, 0.05) is 0 Å². The zero-order chi connectivity index (χ0) is 29.3. The van der Waals surface area contributed by atoms with Crippen LogP contribution in [0.1, 0.15) is 31.8 Å². The first-order valence-electron chi connectivity index (χ1n) is 13.4. The summed E-state index contributed by atoms with van der Waals surface area (Å²) in [6.07, 6.45) is 0. The number of carbonyl (C=O) groups is 2. The average molecular weight is 559 g/mol. The van der Waals surface area contributed by atoms with Crippen molar-refractivity contribution in [3.63, 3.8) is 0 Å². The Hall–Kier alpha value is -5.36. The Labute approximate surface area is 245 Å². The van der Waals surface area contributed by atoms with Crippen molar-refractivity contribution in [2.45, 2.75) is 13.2 Å². The first-order valence-corrected chi connectivity index (χ1v) is 13.4. The lowest BCUT2D eigenvalue weighted by atomic mass is 9.98. The Kier molecular flexibility index (Phi) is 8.94. The zero-order valence-corrected chi connectivity index (χ0v) is 23.4. The zero-order valence-electron chi connectivity index (χ0n) is 23.4. The minimum absolute atomic E-state index is 0.355. The highest BCUT2D eigenvalue weighted by atomic mass is 16.5. The lowest BCUT2D eigenvalue weighted by Gasteiger charge is -2.10. The molecule has 0 bridgehead atoms. The third kappa shape index (κ3) is 7.04. The van der Waals surface area contributed by atoms with Crippen LogP contribution >= 0.6 is 0 Å². The summed E-state index contributed by atoms with van der Waals surface area (Å²) in [5.41, 5.74) is 7.44. The second-order valence-electron chi connectivity index (χ2n) is 9.58. The van der Waals surface area contributed by atoms with Crippen molar-refractivity contribution in [3.8, 4) is 33.8 Å². The van der Waals surface area contributed by atoms with Crippen molar-refractivity contribution in [1.82, 2.24) is 0 Å². The van der Waals surface area contributed by atoms with Crippen molar-refractivity contribution < 1.29 is 28.5 Å². The maximum atomic E-state index is 11.6. The molecule has 0 radical (unpaired) electrons. The summed E-state index contributed by atoms with van der Waals surface area (Å²) in [5.74, 6) is 0.727. The molecule has 5 aromatic rings. The molecule has 0 saturated heterocycles. The number of carbonyl (C=O) groups excluding carboxylic acids is 2. The molecule has 5 rings (SSSR count). The van der Waals surface area contributed by atoms with Crippen LogP contribution in [0.4, 0.5) is 0 Å². The van der Waals surface area contributed by atoms with E-state index in [2.05, 4.69) is 48.5 Å². The van der Waals surface area contributed by atoms with E-state index in [4.69, 9.17) is 18.9 Å². The number of hydrogen-bond donors (Lipinski definition) is 0. The highest BCUT2D eigenvalue weighted by Crippen LogP contribution is 2.28. The maximum Gasteiger partial charge on any atom is 0.337 e. The van der Waals surface area contributed by atoms with E-state index < -0.39 is 0 Å². The van der Waals surface area contributed by atoms with Gasteiger partial charge in [0.1, 0.15) is 24.7 Å².